The molecule has 0 aliphatic heterocycles. The van der Waals surface area contributed by atoms with E-state index in [1.165, 1.54) is 13.2 Å². The van der Waals surface area contributed by atoms with Gasteiger partial charge in [-0.25, -0.2) is 9.97 Å². The summed E-state index contributed by atoms with van der Waals surface area (Å²) >= 11 is 0. The number of rotatable bonds is 4. The van der Waals surface area contributed by atoms with Crippen LogP contribution in [0.4, 0.5) is 30.5 Å². The Bertz CT molecular complexity index is 1230. The molecule has 0 amide bonds. The van der Waals surface area contributed by atoms with Gasteiger partial charge in [0.05, 0.1) is 17.4 Å². The van der Waals surface area contributed by atoms with E-state index in [0.29, 0.717) is 5.69 Å². The molecule has 4 aromatic rings. The second kappa shape index (κ2) is 7.29. The smallest absolute Gasteiger partial charge is 0.373 e. The molecule has 4 aromatic heterocycles. The Hall–Kier alpha value is -3.69. The van der Waals surface area contributed by atoms with Gasteiger partial charge in [0.1, 0.15) is 11.6 Å². The zero-order chi connectivity index (χ0) is 21.5. The molecule has 0 radical (unpaired) electrons. The van der Waals surface area contributed by atoms with Crippen LogP contribution < -0.4 is 10.6 Å². The van der Waals surface area contributed by atoms with Crippen molar-refractivity contribution < 1.29 is 13.2 Å². The molecule has 30 heavy (non-hydrogen) atoms. The van der Waals surface area contributed by atoms with E-state index in [-0.39, 0.29) is 5.82 Å². The molecule has 0 atom stereocenters. The minimum atomic E-state index is -4.52. The van der Waals surface area contributed by atoms with Gasteiger partial charge in [-0.3, -0.25) is 9.97 Å². The van der Waals surface area contributed by atoms with Gasteiger partial charge in [0.2, 0.25) is 5.82 Å². The summed E-state index contributed by atoms with van der Waals surface area (Å²) in [4.78, 5) is 16.8. The van der Waals surface area contributed by atoms with Gasteiger partial charge in [0, 0.05) is 61.0 Å². The summed E-state index contributed by atoms with van der Waals surface area (Å²) in [5, 5.41) is 6.73. The zero-order valence-electron chi connectivity index (χ0n) is 16.4. The number of hydrogen-bond acceptors (Lipinski definition) is 6. The average molecular weight is 413 g/mol. The Morgan fingerprint density at radius 2 is 1.77 bits per heavy atom. The number of imidazole rings is 1. The maximum absolute atomic E-state index is 13.0. The molecule has 0 aliphatic carbocycles. The van der Waals surface area contributed by atoms with Crippen LogP contribution in [-0.4, -0.2) is 31.6 Å². The minimum Gasteiger partial charge on any atom is -0.373 e. The van der Waals surface area contributed by atoms with Gasteiger partial charge in [-0.1, -0.05) is 0 Å². The van der Waals surface area contributed by atoms with Crippen LogP contribution in [0.5, 0.6) is 0 Å². The van der Waals surface area contributed by atoms with Crippen molar-refractivity contribution >= 4 is 28.2 Å². The van der Waals surface area contributed by atoms with Gasteiger partial charge in [0.25, 0.3) is 0 Å². The van der Waals surface area contributed by atoms with E-state index in [9.17, 15) is 13.2 Å². The van der Waals surface area contributed by atoms with Crippen LogP contribution in [0, 0.1) is 6.92 Å². The molecule has 154 valence electrons. The van der Waals surface area contributed by atoms with Crippen LogP contribution in [-0.2, 0) is 13.2 Å². The number of fused-ring (bicyclic) bond motifs is 1. The van der Waals surface area contributed by atoms with E-state index in [2.05, 4.69) is 30.6 Å². The number of alkyl halides is 3. The number of pyridine rings is 3. The lowest BCUT2D eigenvalue weighted by molar-refractivity contribution is -0.146. The van der Waals surface area contributed by atoms with Crippen LogP contribution in [0.1, 0.15) is 11.5 Å². The van der Waals surface area contributed by atoms with Gasteiger partial charge in [0.15, 0.2) is 0 Å². The van der Waals surface area contributed by atoms with Gasteiger partial charge in [-0.15, -0.1) is 0 Å². The quantitative estimate of drug-likeness (QED) is 0.511. The van der Waals surface area contributed by atoms with Crippen molar-refractivity contribution in [1.82, 2.24) is 24.5 Å². The summed E-state index contributed by atoms with van der Waals surface area (Å²) in [7, 11) is 3.09. The summed E-state index contributed by atoms with van der Waals surface area (Å²) < 4.78 is 39.9. The summed E-state index contributed by atoms with van der Waals surface area (Å²) in [5.41, 5.74) is 3.71. The standard InChI is InChI=1S/C20H18F3N7/c1-11-15(12-4-13-8-27-17(24-2)6-16(13)26-7-12)5-14(9-25-11)28-18-10-30(3)19(29-18)20(21,22)23/h4-10,28H,1-3H3,(H,24,27). The van der Waals surface area contributed by atoms with Gasteiger partial charge < -0.3 is 15.2 Å². The molecule has 10 heteroatoms. The monoisotopic (exact) mass is 413 g/mol. The van der Waals surface area contributed by atoms with Crippen molar-refractivity contribution in [3.8, 4) is 11.1 Å². The maximum atomic E-state index is 13.0. The van der Waals surface area contributed by atoms with E-state index in [1.807, 2.05) is 25.1 Å². The summed E-state index contributed by atoms with van der Waals surface area (Å²) in [6.07, 6.45) is 1.78. The maximum Gasteiger partial charge on any atom is 0.449 e. The predicted molar refractivity (Wildman–Crippen MR) is 109 cm³/mol. The van der Waals surface area contributed by atoms with Crippen molar-refractivity contribution in [2.75, 3.05) is 17.7 Å². The van der Waals surface area contributed by atoms with E-state index in [1.54, 1.807) is 25.6 Å². The Kier molecular flexibility index (Phi) is 4.76. The predicted octanol–water partition coefficient (Wildman–Crippen LogP) is 4.54. The van der Waals surface area contributed by atoms with Crippen LogP contribution >= 0.6 is 0 Å². The lowest BCUT2D eigenvalue weighted by Gasteiger charge is -2.10. The number of aromatic nitrogens is 5. The second-order valence-electron chi connectivity index (χ2n) is 6.78. The van der Waals surface area contributed by atoms with Gasteiger partial charge in [-0.2, -0.15) is 13.2 Å². The third-order valence-electron chi connectivity index (χ3n) is 4.62. The first-order valence-corrected chi connectivity index (χ1v) is 9.03. The first-order chi connectivity index (χ1) is 14.2. The topological polar surface area (TPSA) is 80.5 Å². The third-order valence-corrected chi connectivity index (χ3v) is 4.62. The molecular weight excluding hydrogens is 395 g/mol. The first kappa shape index (κ1) is 19.6. The molecule has 0 saturated heterocycles. The Balaban J connectivity index is 1.68. The van der Waals surface area contributed by atoms with E-state index in [4.69, 9.17) is 0 Å². The number of nitrogens with zero attached hydrogens (tertiary/aromatic N) is 5. The molecule has 0 bridgehead atoms. The molecule has 0 unspecified atom stereocenters. The van der Waals surface area contributed by atoms with Gasteiger partial charge >= 0.3 is 6.18 Å². The van der Waals surface area contributed by atoms with E-state index < -0.39 is 12.0 Å². The number of aryl methyl sites for hydroxylation is 2. The fourth-order valence-corrected chi connectivity index (χ4v) is 3.14. The third kappa shape index (κ3) is 3.76. The van der Waals surface area contributed by atoms with Gasteiger partial charge in [-0.05, 0) is 19.1 Å². The van der Waals surface area contributed by atoms with Crippen molar-refractivity contribution in [1.29, 1.82) is 0 Å². The van der Waals surface area contributed by atoms with Crippen LogP contribution in [0.25, 0.3) is 22.0 Å². The first-order valence-electron chi connectivity index (χ1n) is 9.03. The Labute approximate surface area is 170 Å². The minimum absolute atomic E-state index is 0.0851. The Morgan fingerprint density at radius 3 is 2.47 bits per heavy atom. The van der Waals surface area contributed by atoms with Crippen LogP contribution in [0.15, 0.2) is 43.0 Å². The van der Waals surface area contributed by atoms with Crippen molar-refractivity contribution in [3.63, 3.8) is 0 Å². The fourth-order valence-electron chi connectivity index (χ4n) is 3.14. The summed E-state index contributed by atoms with van der Waals surface area (Å²) in [5.74, 6) is -0.167. The average Bonchev–Trinajstić information content (AvgIpc) is 3.09. The highest BCUT2D eigenvalue weighted by Crippen LogP contribution is 2.31. The van der Waals surface area contributed by atoms with Crippen LogP contribution in [0.2, 0.25) is 0 Å². The highest BCUT2D eigenvalue weighted by molar-refractivity contribution is 5.85. The SMILES string of the molecule is CNc1cc2ncc(-c3cc(Nc4cn(C)c(C(F)(F)F)n4)cnc3C)cc2cn1. The molecular formula is C20H18F3N7. The zero-order valence-corrected chi connectivity index (χ0v) is 16.4. The molecule has 4 heterocycles. The van der Waals surface area contributed by atoms with Crippen molar-refractivity contribution in [3.05, 3.63) is 54.5 Å². The van der Waals surface area contributed by atoms with E-state index in [0.717, 1.165) is 38.1 Å². The fraction of sp³-hybridized carbons (Fsp3) is 0.200. The molecule has 0 saturated carbocycles. The number of nitrogens with one attached hydrogen (secondary N) is 2. The number of hydrogen-bond donors (Lipinski definition) is 2. The largest absolute Gasteiger partial charge is 0.449 e. The second-order valence-corrected chi connectivity index (χ2v) is 6.78. The summed E-state index contributed by atoms with van der Waals surface area (Å²) in [6.45, 7) is 1.86. The normalized spacial score (nSPS) is 11.7. The highest BCUT2D eigenvalue weighted by atomic mass is 19.4. The molecule has 7 nitrogen and oxygen atoms in total. The Morgan fingerprint density at radius 1 is 0.967 bits per heavy atom. The molecule has 4 rings (SSSR count). The molecule has 2 N–H and O–H groups in total. The molecule has 0 fully saturated rings. The highest BCUT2D eigenvalue weighted by Gasteiger charge is 2.36. The lowest BCUT2D eigenvalue weighted by Crippen LogP contribution is -2.12. The number of anilines is 3. The molecule has 0 spiro atoms. The molecule has 0 aromatic carbocycles. The van der Waals surface area contributed by atoms with E-state index >= 15 is 0 Å². The number of halogens is 3. The van der Waals surface area contributed by atoms with Crippen molar-refractivity contribution in [2.24, 2.45) is 7.05 Å². The summed E-state index contributed by atoms with van der Waals surface area (Å²) in [6, 6.07) is 5.61. The van der Waals surface area contributed by atoms with Crippen molar-refractivity contribution in [2.45, 2.75) is 13.1 Å². The van der Waals surface area contributed by atoms with Crippen LogP contribution in [0.3, 0.4) is 0 Å². The lowest BCUT2D eigenvalue weighted by atomic mass is 10.0. The molecule has 0 aliphatic rings.